The summed E-state index contributed by atoms with van der Waals surface area (Å²) >= 11 is 0. The summed E-state index contributed by atoms with van der Waals surface area (Å²) in [6.07, 6.45) is 2.85. The van der Waals surface area contributed by atoms with Crippen molar-refractivity contribution in [2.45, 2.75) is 38.3 Å². The molecule has 2 aliphatic rings. The van der Waals surface area contributed by atoms with Gasteiger partial charge in [-0.25, -0.2) is 0 Å². The Morgan fingerprint density at radius 1 is 1.25 bits per heavy atom. The number of benzene rings is 1. The lowest BCUT2D eigenvalue weighted by Crippen LogP contribution is -2.46. The Kier molecular flexibility index (Phi) is 5.61. The second-order valence-corrected chi connectivity index (χ2v) is 7.25. The number of aromatic nitrogens is 4. The van der Waals surface area contributed by atoms with Crippen LogP contribution in [0, 0.1) is 5.92 Å². The predicted octanol–water partition coefficient (Wildman–Crippen LogP) is 0.900. The van der Waals surface area contributed by atoms with Gasteiger partial charge in [0.15, 0.2) is 0 Å². The van der Waals surface area contributed by atoms with Crippen LogP contribution in [0.25, 0.3) is 11.4 Å². The molecule has 2 amide bonds. The number of carbonyl (C=O) groups excluding carboxylic acids is 2. The Morgan fingerprint density at radius 2 is 2.11 bits per heavy atom. The van der Waals surface area contributed by atoms with E-state index in [1.165, 1.54) is 0 Å². The Balaban J connectivity index is 1.26. The molecule has 28 heavy (non-hydrogen) atoms. The van der Waals surface area contributed by atoms with E-state index in [0.717, 1.165) is 24.0 Å². The fraction of sp³-hybridized carbons (Fsp3) is 0.526. The van der Waals surface area contributed by atoms with Gasteiger partial charge in [-0.05, 0) is 42.5 Å². The van der Waals surface area contributed by atoms with Gasteiger partial charge in [-0.1, -0.05) is 18.2 Å². The average Bonchev–Trinajstić information content (AvgIpc) is 3.46. The maximum atomic E-state index is 12.5. The van der Waals surface area contributed by atoms with Crippen molar-refractivity contribution in [3.8, 4) is 11.4 Å². The summed E-state index contributed by atoms with van der Waals surface area (Å²) in [5, 5.41) is 16.9. The van der Waals surface area contributed by atoms with Crippen molar-refractivity contribution in [1.82, 2.24) is 30.8 Å². The fourth-order valence-electron chi connectivity index (χ4n) is 3.78. The molecule has 0 radical (unpaired) electrons. The number of amides is 2. The number of tetrazole rings is 1. The molecule has 2 saturated heterocycles. The van der Waals surface area contributed by atoms with Crippen LogP contribution in [-0.2, 0) is 20.9 Å². The first-order valence-corrected chi connectivity index (χ1v) is 9.71. The molecule has 0 bridgehead atoms. The standard InChI is InChI=1S/C19H24N6O3/c26-18(14-6-8-25(9-7-14)19(27)16-5-2-10-28-16)20-12-13-3-1-4-15(11-13)17-21-23-24-22-17/h1,3-4,11,14,16H,2,5-10,12H2,(H,20,26)(H,21,22,23,24)/t16-/m1/s1. The number of ether oxygens (including phenoxy) is 1. The lowest BCUT2D eigenvalue weighted by molar-refractivity contribution is -0.143. The van der Waals surface area contributed by atoms with Gasteiger partial charge in [-0.3, -0.25) is 9.59 Å². The van der Waals surface area contributed by atoms with Crippen LogP contribution < -0.4 is 5.32 Å². The summed E-state index contributed by atoms with van der Waals surface area (Å²) < 4.78 is 5.48. The summed E-state index contributed by atoms with van der Waals surface area (Å²) in [5.41, 5.74) is 1.82. The van der Waals surface area contributed by atoms with E-state index in [2.05, 4.69) is 25.9 Å². The van der Waals surface area contributed by atoms with E-state index in [1.807, 2.05) is 29.2 Å². The van der Waals surface area contributed by atoms with E-state index in [-0.39, 0.29) is 23.8 Å². The molecule has 2 N–H and O–H groups in total. The van der Waals surface area contributed by atoms with Crippen LogP contribution in [0.1, 0.15) is 31.2 Å². The highest BCUT2D eigenvalue weighted by Gasteiger charge is 2.32. The van der Waals surface area contributed by atoms with E-state index >= 15 is 0 Å². The van der Waals surface area contributed by atoms with Crippen molar-refractivity contribution >= 4 is 11.8 Å². The molecule has 0 aliphatic carbocycles. The SMILES string of the molecule is O=C(NCc1cccc(-c2nn[nH]n2)c1)C1CCN(C(=O)[C@H]2CCCO2)CC1. The first-order chi connectivity index (χ1) is 13.7. The fourth-order valence-corrected chi connectivity index (χ4v) is 3.78. The number of aromatic amines is 1. The maximum Gasteiger partial charge on any atom is 0.251 e. The maximum absolute atomic E-state index is 12.5. The highest BCUT2D eigenvalue weighted by Crippen LogP contribution is 2.22. The third-order valence-corrected chi connectivity index (χ3v) is 5.38. The summed E-state index contributed by atoms with van der Waals surface area (Å²) in [4.78, 5) is 26.8. The number of hydrogen-bond donors (Lipinski definition) is 2. The monoisotopic (exact) mass is 384 g/mol. The molecule has 0 saturated carbocycles. The Bertz CT molecular complexity index is 811. The predicted molar refractivity (Wildman–Crippen MR) is 99.7 cm³/mol. The van der Waals surface area contributed by atoms with Gasteiger partial charge in [0.05, 0.1) is 0 Å². The third kappa shape index (κ3) is 4.19. The Hall–Kier alpha value is -2.81. The van der Waals surface area contributed by atoms with Gasteiger partial charge in [0, 0.05) is 37.7 Å². The number of carbonyl (C=O) groups is 2. The molecule has 2 aromatic rings. The number of piperidine rings is 1. The van der Waals surface area contributed by atoms with Gasteiger partial charge < -0.3 is 15.0 Å². The molecular formula is C19H24N6O3. The van der Waals surface area contributed by atoms with Crippen molar-refractivity contribution in [3.63, 3.8) is 0 Å². The van der Waals surface area contributed by atoms with Crippen LogP contribution in [0.2, 0.25) is 0 Å². The second kappa shape index (κ2) is 8.47. The molecule has 4 rings (SSSR count). The van der Waals surface area contributed by atoms with Crippen molar-refractivity contribution in [2.24, 2.45) is 5.92 Å². The summed E-state index contributed by atoms with van der Waals surface area (Å²) in [6.45, 7) is 2.34. The van der Waals surface area contributed by atoms with Gasteiger partial charge in [0.2, 0.25) is 11.7 Å². The first-order valence-electron chi connectivity index (χ1n) is 9.71. The minimum atomic E-state index is -0.281. The van der Waals surface area contributed by atoms with E-state index in [0.29, 0.717) is 44.9 Å². The third-order valence-electron chi connectivity index (χ3n) is 5.38. The highest BCUT2D eigenvalue weighted by molar-refractivity contribution is 5.82. The van der Waals surface area contributed by atoms with Crippen LogP contribution in [0.5, 0.6) is 0 Å². The number of nitrogens with one attached hydrogen (secondary N) is 2. The lowest BCUT2D eigenvalue weighted by Gasteiger charge is -2.32. The van der Waals surface area contributed by atoms with E-state index < -0.39 is 0 Å². The second-order valence-electron chi connectivity index (χ2n) is 7.25. The summed E-state index contributed by atoms with van der Waals surface area (Å²) in [6, 6.07) is 7.69. The number of likely N-dealkylation sites (tertiary alicyclic amines) is 1. The van der Waals surface area contributed by atoms with Crippen LogP contribution in [0.15, 0.2) is 24.3 Å². The quantitative estimate of drug-likeness (QED) is 0.792. The van der Waals surface area contributed by atoms with Gasteiger partial charge in [0.1, 0.15) is 6.10 Å². The van der Waals surface area contributed by atoms with Gasteiger partial charge in [-0.2, -0.15) is 5.21 Å². The average molecular weight is 384 g/mol. The lowest BCUT2D eigenvalue weighted by atomic mass is 9.95. The molecule has 0 spiro atoms. The molecule has 1 atom stereocenters. The van der Waals surface area contributed by atoms with E-state index in [9.17, 15) is 9.59 Å². The molecular weight excluding hydrogens is 360 g/mol. The minimum absolute atomic E-state index is 0.0363. The van der Waals surface area contributed by atoms with E-state index in [1.54, 1.807) is 0 Å². The highest BCUT2D eigenvalue weighted by atomic mass is 16.5. The summed E-state index contributed by atoms with van der Waals surface area (Å²) in [7, 11) is 0. The number of rotatable bonds is 5. The number of hydrogen-bond acceptors (Lipinski definition) is 6. The zero-order chi connectivity index (χ0) is 19.3. The molecule has 0 unspecified atom stereocenters. The minimum Gasteiger partial charge on any atom is -0.368 e. The van der Waals surface area contributed by atoms with Crippen molar-refractivity contribution in [1.29, 1.82) is 0 Å². The molecule has 9 heteroatoms. The van der Waals surface area contributed by atoms with Crippen molar-refractivity contribution in [3.05, 3.63) is 29.8 Å². The van der Waals surface area contributed by atoms with Gasteiger partial charge >= 0.3 is 0 Å². The summed E-state index contributed by atoms with van der Waals surface area (Å²) in [5.74, 6) is 0.578. The van der Waals surface area contributed by atoms with Crippen LogP contribution in [-0.4, -0.2) is 63.1 Å². The molecule has 1 aromatic heterocycles. The molecule has 3 heterocycles. The zero-order valence-corrected chi connectivity index (χ0v) is 15.6. The molecule has 2 aliphatic heterocycles. The Labute approximate surface area is 162 Å². The van der Waals surface area contributed by atoms with Crippen LogP contribution >= 0.6 is 0 Å². The van der Waals surface area contributed by atoms with Gasteiger partial charge in [0.25, 0.3) is 5.91 Å². The van der Waals surface area contributed by atoms with Crippen LogP contribution in [0.4, 0.5) is 0 Å². The number of nitrogens with zero attached hydrogens (tertiary/aromatic N) is 4. The largest absolute Gasteiger partial charge is 0.368 e. The molecule has 9 nitrogen and oxygen atoms in total. The van der Waals surface area contributed by atoms with Crippen molar-refractivity contribution in [2.75, 3.05) is 19.7 Å². The topological polar surface area (TPSA) is 113 Å². The normalized spacial score (nSPS) is 20.3. The number of H-pyrrole nitrogens is 1. The molecule has 148 valence electrons. The molecule has 1 aromatic carbocycles. The Morgan fingerprint density at radius 3 is 2.82 bits per heavy atom. The first kappa shape index (κ1) is 18.5. The van der Waals surface area contributed by atoms with Gasteiger partial charge in [-0.15, -0.1) is 10.2 Å². The zero-order valence-electron chi connectivity index (χ0n) is 15.6. The van der Waals surface area contributed by atoms with E-state index in [4.69, 9.17) is 4.74 Å². The molecule has 2 fully saturated rings. The smallest absolute Gasteiger partial charge is 0.251 e. The van der Waals surface area contributed by atoms with Crippen LogP contribution in [0.3, 0.4) is 0 Å². The van der Waals surface area contributed by atoms with Crippen molar-refractivity contribution < 1.29 is 14.3 Å².